The largest absolute Gasteiger partial charge is 0.508 e. The highest BCUT2D eigenvalue weighted by atomic mass is 19.1. The summed E-state index contributed by atoms with van der Waals surface area (Å²) in [6.45, 7) is 17.4. The third-order valence-corrected chi connectivity index (χ3v) is 10.4. The fourth-order valence-corrected chi connectivity index (χ4v) is 7.71. The fraction of sp³-hybridized carbons (Fsp3) is 0.558. The van der Waals surface area contributed by atoms with E-state index in [2.05, 4.69) is 51.7 Å². The van der Waals surface area contributed by atoms with Crippen molar-refractivity contribution < 1.29 is 14.2 Å². The number of anilines is 1. The normalized spacial score (nSPS) is 18.0. The van der Waals surface area contributed by atoms with E-state index in [1.165, 1.54) is 44.6 Å². The van der Waals surface area contributed by atoms with Crippen LogP contribution >= 0.6 is 0 Å². The Bertz CT molecular complexity index is 1730. The molecule has 1 aliphatic heterocycles. The molecule has 1 aliphatic carbocycles. The maximum atomic E-state index is 15.4. The number of hydrogen-bond donors (Lipinski definition) is 1. The second-order valence-electron chi connectivity index (χ2n) is 15.0. The molecule has 0 bridgehead atoms. The second-order valence-corrected chi connectivity index (χ2v) is 15.0. The number of fused-ring (bicyclic) bond motifs is 2. The van der Waals surface area contributed by atoms with Gasteiger partial charge in [0.15, 0.2) is 0 Å². The fourth-order valence-electron chi connectivity index (χ4n) is 7.71. The number of allylic oxidation sites excluding steroid dienone is 3. The van der Waals surface area contributed by atoms with Crippen LogP contribution in [0.5, 0.6) is 11.8 Å². The van der Waals surface area contributed by atoms with Crippen LogP contribution in [0.3, 0.4) is 0 Å². The quantitative estimate of drug-likeness (QED) is 0.171. The van der Waals surface area contributed by atoms with Gasteiger partial charge in [0.2, 0.25) is 0 Å². The second kappa shape index (κ2) is 17.0. The number of nitrogens with zero attached hydrogens (tertiary/aromatic N) is 4. The monoisotopic (exact) mass is 682 g/mol. The van der Waals surface area contributed by atoms with Crippen molar-refractivity contribution in [3.8, 4) is 11.8 Å². The minimum Gasteiger partial charge on any atom is -0.508 e. The number of ether oxygens (including phenoxy) is 1. The molecule has 2 aliphatic rings. The summed E-state index contributed by atoms with van der Waals surface area (Å²) in [7, 11) is 0. The van der Waals surface area contributed by atoms with Crippen molar-refractivity contribution >= 4 is 39.5 Å². The molecular formula is C43H59FN4O2. The summed E-state index contributed by atoms with van der Waals surface area (Å²) in [5, 5.41) is 12.6. The van der Waals surface area contributed by atoms with E-state index in [-0.39, 0.29) is 23.0 Å². The number of hydrogen-bond acceptors (Lipinski definition) is 6. The molecule has 3 aromatic rings. The minimum atomic E-state index is -0.246. The molecule has 1 unspecified atom stereocenters. The molecule has 0 amide bonds. The summed E-state index contributed by atoms with van der Waals surface area (Å²) in [6, 6.07) is 7.11. The average Bonchev–Trinajstić information content (AvgIpc) is 3.39. The third kappa shape index (κ3) is 8.41. The lowest BCUT2D eigenvalue weighted by Crippen LogP contribution is -2.29. The topological polar surface area (TPSA) is 70.8 Å². The zero-order valence-electron chi connectivity index (χ0n) is 31.7. The number of phenols is 1. The van der Waals surface area contributed by atoms with Crippen molar-refractivity contribution in [1.82, 2.24) is 9.97 Å². The van der Waals surface area contributed by atoms with Gasteiger partial charge in [-0.25, -0.2) is 4.39 Å². The molecule has 1 fully saturated rings. The molecule has 50 heavy (non-hydrogen) atoms. The highest BCUT2D eigenvalue weighted by Gasteiger charge is 2.33. The molecule has 2 heterocycles. The van der Waals surface area contributed by atoms with Crippen LogP contribution in [0.15, 0.2) is 35.3 Å². The van der Waals surface area contributed by atoms with Crippen molar-refractivity contribution in [2.45, 2.75) is 132 Å². The van der Waals surface area contributed by atoms with Gasteiger partial charge in [-0.2, -0.15) is 9.97 Å². The van der Waals surface area contributed by atoms with Crippen LogP contribution in [0.2, 0.25) is 0 Å². The van der Waals surface area contributed by atoms with Crippen molar-refractivity contribution in [3.05, 3.63) is 58.5 Å². The van der Waals surface area contributed by atoms with Gasteiger partial charge in [0.1, 0.15) is 17.4 Å². The lowest BCUT2D eigenvalue weighted by atomic mass is 9.81. The number of unbranched alkanes of at least 4 members (excludes halogenated alkanes) is 3. The molecule has 0 saturated carbocycles. The zero-order valence-corrected chi connectivity index (χ0v) is 31.7. The molecule has 270 valence electrons. The summed E-state index contributed by atoms with van der Waals surface area (Å²) in [6.07, 6.45) is 17.5. The van der Waals surface area contributed by atoms with Crippen molar-refractivity contribution in [2.24, 2.45) is 10.4 Å². The van der Waals surface area contributed by atoms with Gasteiger partial charge in [0.05, 0.1) is 23.6 Å². The first kappa shape index (κ1) is 37.5. The maximum Gasteiger partial charge on any atom is 0.318 e. The van der Waals surface area contributed by atoms with E-state index in [4.69, 9.17) is 19.7 Å². The Morgan fingerprint density at radius 3 is 2.38 bits per heavy atom. The van der Waals surface area contributed by atoms with Crippen LogP contribution in [-0.2, 0) is 6.42 Å². The highest BCUT2D eigenvalue weighted by molar-refractivity contribution is 6.50. The molecule has 7 heteroatoms. The predicted octanol–water partition coefficient (Wildman–Crippen LogP) is 11.4. The van der Waals surface area contributed by atoms with Gasteiger partial charge in [0.25, 0.3) is 0 Å². The van der Waals surface area contributed by atoms with E-state index < -0.39 is 0 Å². The minimum absolute atomic E-state index is 0.00507. The summed E-state index contributed by atoms with van der Waals surface area (Å²) >= 11 is 0. The van der Waals surface area contributed by atoms with Gasteiger partial charge < -0.3 is 14.7 Å². The van der Waals surface area contributed by atoms with E-state index in [0.717, 1.165) is 95.5 Å². The number of aromatic nitrogens is 2. The van der Waals surface area contributed by atoms with Crippen molar-refractivity contribution in [3.63, 3.8) is 0 Å². The number of halogens is 1. The van der Waals surface area contributed by atoms with Crippen LogP contribution in [0.25, 0.3) is 28.0 Å². The number of phenolic OH excluding ortho intramolecular Hbond substituents is 1. The Labute approximate surface area is 300 Å². The average molecular weight is 683 g/mol. The number of benzene rings is 2. The maximum absolute atomic E-state index is 15.4. The smallest absolute Gasteiger partial charge is 0.318 e. The lowest BCUT2D eigenvalue weighted by molar-refractivity contribution is 0.126. The number of aliphatic imine (C=N–C) groups is 1. The number of aromatic hydroxyl groups is 1. The highest BCUT2D eigenvalue weighted by Crippen LogP contribution is 2.44. The van der Waals surface area contributed by atoms with Gasteiger partial charge in [-0.15, -0.1) is 0 Å². The molecule has 0 radical (unpaired) electrons. The predicted molar refractivity (Wildman–Crippen MR) is 209 cm³/mol. The Balaban J connectivity index is 1.74. The van der Waals surface area contributed by atoms with Gasteiger partial charge >= 0.3 is 6.01 Å². The molecule has 0 spiro atoms. The molecule has 2 aromatic carbocycles. The molecular weight excluding hydrogens is 623 g/mol. The molecule has 1 N–H and O–H groups in total. The van der Waals surface area contributed by atoms with E-state index >= 15 is 4.39 Å². The van der Waals surface area contributed by atoms with Gasteiger partial charge in [0, 0.05) is 35.7 Å². The summed E-state index contributed by atoms with van der Waals surface area (Å²) in [5.74, 6) is 0.781. The Hall–Kier alpha value is -3.74. The van der Waals surface area contributed by atoms with Crippen LogP contribution < -0.4 is 9.64 Å². The SMILES string of the molecule is C/C=C1\C(=NC(C)C)C(c2cc(O)cc3ccc(F)c(CC)c23)=Cc2nc(OCC(C)(CCCC)CCCCC)nc(N3CCCCCC3)c21. The standard InChI is InChI=1S/C43H59FN4O2/c1-8-12-16-22-43(7,21-13-9-2)28-50-42-46-37-27-35(34-26-31(49)25-30-19-20-36(44)32(10-3)38(30)34)40(45-29(5)6)33(11-4)39(37)41(47-42)48-23-17-14-15-18-24-48/h11,19-20,25-27,29,49H,8-10,12-18,21-24,28H2,1-7H3/b33-11-,45-40?. The Kier molecular flexibility index (Phi) is 12.7. The number of aryl methyl sites for hydroxylation is 1. The third-order valence-electron chi connectivity index (χ3n) is 10.4. The zero-order chi connectivity index (χ0) is 35.8. The summed E-state index contributed by atoms with van der Waals surface area (Å²) < 4.78 is 22.0. The molecule has 5 rings (SSSR count). The molecule has 1 aromatic heterocycles. The van der Waals surface area contributed by atoms with Gasteiger partial charge in [-0.3, -0.25) is 4.99 Å². The van der Waals surface area contributed by atoms with Crippen LogP contribution in [-0.4, -0.2) is 46.5 Å². The van der Waals surface area contributed by atoms with Crippen LogP contribution in [0.4, 0.5) is 10.2 Å². The first-order chi connectivity index (χ1) is 24.1. The first-order valence-corrected chi connectivity index (χ1v) is 19.3. The van der Waals surface area contributed by atoms with Gasteiger partial charge in [-0.05, 0) is 99.0 Å². The Morgan fingerprint density at radius 2 is 1.72 bits per heavy atom. The number of rotatable bonds is 14. The Morgan fingerprint density at radius 1 is 1.00 bits per heavy atom. The van der Waals surface area contributed by atoms with E-state index in [1.54, 1.807) is 18.2 Å². The van der Waals surface area contributed by atoms with Crippen LogP contribution in [0, 0.1) is 11.2 Å². The van der Waals surface area contributed by atoms with Crippen molar-refractivity contribution in [2.75, 3.05) is 24.6 Å². The van der Waals surface area contributed by atoms with E-state index in [0.29, 0.717) is 24.6 Å². The first-order valence-electron chi connectivity index (χ1n) is 19.3. The van der Waals surface area contributed by atoms with Crippen molar-refractivity contribution in [1.29, 1.82) is 0 Å². The van der Waals surface area contributed by atoms with E-state index in [1.807, 2.05) is 13.8 Å². The molecule has 1 saturated heterocycles. The summed E-state index contributed by atoms with van der Waals surface area (Å²) in [4.78, 5) is 18.0. The van der Waals surface area contributed by atoms with Gasteiger partial charge in [-0.1, -0.05) is 84.8 Å². The molecule has 1 atom stereocenters. The lowest BCUT2D eigenvalue weighted by Gasteiger charge is -2.32. The van der Waals surface area contributed by atoms with E-state index in [9.17, 15) is 5.11 Å². The van der Waals surface area contributed by atoms with Crippen LogP contribution in [0.1, 0.15) is 141 Å². The summed E-state index contributed by atoms with van der Waals surface area (Å²) in [5.41, 5.74) is 5.74. The molecule has 6 nitrogen and oxygen atoms in total.